The van der Waals surface area contributed by atoms with E-state index in [1.54, 1.807) is 0 Å². The summed E-state index contributed by atoms with van der Waals surface area (Å²) in [5, 5.41) is 0. The van der Waals surface area contributed by atoms with Crippen LogP contribution in [0.4, 0.5) is 0 Å². The fourth-order valence-corrected chi connectivity index (χ4v) is 0.581. The van der Waals surface area contributed by atoms with E-state index in [0.29, 0.717) is 0 Å². The summed E-state index contributed by atoms with van der Waals surface area (Å²) in [6.07, 6.45) is 0.896. The zero-order valence-corrected chi connectivity index (χ0v) is 8.35. The summed E-state index contributed by atoms with van der Waals surface area (Å²) in [5.41, 5.74) is -0.205. The van der Waals surface area contributed by atoms with Gasteiger partial charge in [0, 0.05) is 7.11 Å². The van der Waals surface area contributed by atoms with Crippen LogP contribution >= 0.6 is 0 Å². The van der Waals surface area contributed by atoms with E-state index in [2.05, 4.69) is 4.74 Å². The highest BCUT2D eigenvalue weighted by Crippen LogP contribution is 2.12. The molecule has 0 spiro atoms. The first-order chi connectivity index (χ1) is 5.52. The van der Waals surface area contributed by atoms with Gasteiger partial charge < -0.3 is 9.47 Å². The molecule has 0 fully saturated rings. The summed E-state index contributed by atoms with van der Waals surface area (Å²) < 4.78 is 10.0. The lowest BCUT2D eigenvalue weighted by Crippen LogP contribution is -2.27. The van der Waals surface area contributed by atoms with Gasteiger partial charge in [0.2, 0.25) is 0 Å². The Morgan fingerprint density at radius 1 is 1.33 bits per heavy atom. The standard InChI is InChI=1S/C9H18O3/c1-5-9(2,3)12-7-8(10)6-11-4/h5-7H2,1-4H3. The number of carbonyl (C=O) groups is 1. The maximum absolute atomic E-state index is 11.0. The van der Waals surface area contributed by atoms with Gasteiger partial charge in [0.15, 0.2) is 5.78 Å². The van der Waals surface area contributed by atoms with Crippen molar-refractivity contribution in [3.8, 4) is 0 Å². The number of carbonyl (C=O) groups excluding carboxylic acids is 1. The third kappa shape index (κ3) is 5.27. The van der Waals surface area contributed by atoms with Crippen LogP contribution in [0.15, 0.2) is 0 Å². The molecule has 3 nitrogen and oxygen atoms in total. The molecule has 0 aliphatic carbocycles. The van der Waals surface area contributed by atoms with Crippen molar-refractivity contribution in [1.82, 2.24) is 0 Å². The highest BCUT2D eigenvalue weighted by molar-refractivity contribution is 5.80. The van der Waals surface area contributed by atoms with Gasteiger partial charge in [-0.3, -0.25) is 4.79 Å². The van der Waals surface area contributed by atoms with Gasteiger partial charge in [-0.15, -0.1) is 0 Å². The third-order valence-electron chi connectivity index (χ3n) is 1.78. The normalized spacial score (nSPS) is 11.7. The lowest BCUT2D eigenvalue weighted by molar-refractivity contribution is -0.133. The zero-order valence-electron chi connectivity index (χ0n) is 8.35. The SMILES string of the molecule is CCC(C)(C)OCC(=O)COC. The Labute approximate surface area is 74.0 Å². The largest absolute Gasteiger partial charge is 0.377 e. The van der Waals surface area contributed by atoms with Crippen LogP contribution in [0.3, 0.4) is 0 Å². The smallest absolute Gasteiger partial charge is 0.183 e. The van der Waals surface area contributed by atoms with Crippen LogP contribution in [0.1, 0.15) is 27.2 Å². The maximum Gasteiger partial charge on any atom is 0.183 e. The van der Waals surface area contributed by atoms with E-state index in [9.17, 15) is 4.79 Å². The second-order valence-electron chi connectivity index (χ2n) is 3.37. The van der Waals surface area contributed by atoms with E-state index in [-0.39, 0.29) is 24.6 Å². The second kappa shape index (κ2) is 5.27. The second-order valence-corrected chi connectivity index (χ2v) is 3.37. The van der Waals surface area contributed by atoms with Crippen molar-refractivity contribution in [2.45, 2.75) is 32.8 Å². The van der Waals surface area contributed by atoms with Crippen LogP contribution in [0.5, 0.6) is 0 Å². The van der Waals surface area contributed by atoms with Gasteiger partial charge in [-0.2, -0.15) is 0 Å². The molecule has 0 atom stereocenters. The summed E-state index contributed by atoms with van der Waals surface area (Å²) in [4.78, 5) is 11.0. The van der Waals surface area contributed by atoms with Gasteiger partial charge in [-0.25, -0.2) is 0 Å². The molecule has 0 aliphatic rings. The molecular formula is C9H18O3. The first-order valence-corrected chi connectivity index (χ1v) is 4.16. The Morgan fingerprint density at radius 2 is 1.92 bits per heavy atom. The summed E-state index contributed by atoms with van der Waals surface area (Å²) in [6, 6.07) is 0. The summed E-state index contributed by atoms with van der Waals surface area (Å²) in [7, 11) is 1.50. The van der Waals surface area contributed by atoms with Crippen LogP contribution in [-0.4, -0.2) is 31.7 Å². The van der Waals surface area contributed by atoms with Crippen molar-refractivity contribution in [1.29, 1.82) is 0 Å². The molecule has 12 heavy (non-hydrogen) atoms. The molecule has 72 valence electrons. The highest BCUT2D eigenvalue weighted by atomic mass is 16.5. The molecule has 0 amide bonds. The number of hydrogen-bond acceptors (Lipinski definition) is 3. The summed E-state index contributed by atoms with van der Waals surface area (Å²) in [6.45, 7) is 6.25. The van der Waals surface area contributed by atoms with Gasteiger partial charge >= 0.3 is 0 Å². The lowest BCUT2D eigenvalue weighted by atomic mass is 10.1. The van der Waals surface area contributed by atoms with Gasteiger partial charge in [0.05, 0.1) is 5.60 Å². The van der Waals surface area contributed by atoms with Crippen molar-refractivity contribution in [2.24, 2.45) is 0 Å². The molecule has 0 aliphatic heterocycles. The van der Waals surface area contributed by atoms with E-state index in [1.807, 2.05) is 20.8 Å². The minimum atomic E-state index is -0.205. The molecule has 0 heterocycles. The minimum absolute atomic E-state index is 0.0148. The Kier molecular flexibility index (Phi) is 5.09. The Balaban J connectivity index is 3.60. The van der Waals surface area contributed by atoms with Gasteiger partial charge in [0.25, 0.3) is 0 Å². The molecule has 0 aromatic rings. The van der Waals surface area contributed by atoms with Crippen LogP contribution in [0, 0.1) is 0 Å². The third-order valence-corrected chi connectivity index (χ3v) is 1.78. The van der Waals surface area contributed by atoms with Crippen molar-refractivity contribution < 1.29 is 14.3 Å². The first kappa shape index (κ1) is 11.6. The van der Waals surface area contributed by atoms with Crippen LogP contribution in [0.25, 0.3) is 0 Å². The van der Waals surface area contributed by atoms with Gasteiger partial charge in [0.1, 0.15) is 13.2 Å². The molecule has 0 aromatic carbocycles. The van der Waals surface area contributed by atoms with Crippen molar-refractivity contribution in [3.63, 3.8) is 0 Å². The summed E-state index contributed by atoms with van der Waals surface area (Å²) >= 11 is 0. The lowest BCUT2D eigenvalue weighted by Gasteiger charge is -2.22. The predicted octanol–water partition coefficient (Wildman–Crippen LogP) is 1.41. The molecule has 0 saturated carbocycles. The number of methoxy groups -OCH3 is 1. The van der Waals surface area contributed by atoms with Gasteiger partial charge in [-0.1, -0.05) is 6.92 Å². The van der Waals surface area contributed by atoms with Gasteiger partial charge in [-0.05, 0) is 20.3 Å². The first-order valence-electron chi connectivity index (χ1n) is 4.16. The van der Waals surface area contributed by atoms with E-state index in [1.165, 1.54) is 7.11 Å². The number of hydrogen-bond donors (Lipinski definition) is 0. The predicted molar refractivity (Wildman–Crippen MR) is 47.2 cm³/mol. The molecule has 0 aromatic heterocycles. The monoisotopic (exact) mass is 174 g/mol. The van der Waals surface area contributed by atoms with E-state index in [4.69, 9.17) is 4.74 Å². The Hall–Kier alpha value is -0.410. The zero-order chi connectivity index (χ0) is 9.61. The fourth-order valence-electron chi connectivity index (χ4n) is 0.581. The topological polar surface area (TPSA) is 35.5 Å². The van der Waals surface area contributed by atoms with Crippen molar-refractivity contribution in [2.75, 3.05) is 20.3 Å². The molecule has 0 N–H and O–H groups in total. The number of Topliss-reactive ketones (excluding diaryl/α,β-unsaturated/α-hetero) is 1. The number of ketones is 1. The number of rotatable bonds is 6. The molecule has 0 radical (unpaired) electrons. The van der Waals surface area contributed by atoms with E-state index in [0.717, 1.165) is 6.42 Å². The highest BCUT2D eigenvalue weighted by Gasteiger charge is 2.16. The molecule has 0 bridgehead atoms. The molecule has 3 heteroatoms. The average molecular weight is 174 g/mol. The van der Waals surface area contributed by atoms with Crippen molar-refractivity contribution in [3.05, 3.63) is 0 Å². The quantitative estimate of drug-likeness (QED) is 0.610. The fraction of sp³-hybridized carbons (Fsp3) is 0.889. The van der Waals surface area contributed by atoms with E-state index < -0.39 is 0 Å². The molecule has 0 rings (SSSR count). The van der Waals surface area contributed by atoms with Crippen molar-refractivity contribution >= 4 is 5.78 Å². The molecular weight excluding hydrogens is 156 g/mol. The average Bonchev–Trinajstić information content (AvgIpc) is 2.02. The maximum atomic E-state index is 11.0. The molecule has 0 unspecified atom stereocenters. The summed E-state index contributed by atoms with van der Waals surface area (Å²) in [5.74, 6) is -0.0148. The Bertz CT molecular complexity index is 141. The number of ether oxygens (including phenoxy) is 2. The van der Waals surface area contributed by atoms with Crippen LogP contribution in [0.2, 0.25) is 0 Å². The van der Waals surface area contributed by atoms with E-state index >= 15 is 0 Å². The van der Waals surface area contributed by atoms with Crippen LogP contribution in [-0.2, 0) is 14.3 Å². The minimum Gasteiger partial charge on any atom is -0.377 e. The molecule has 0 saturated heterocycles. The van der Waals surface area contributed by atoms with Crippen LogP contribution < -0.4 is 0 Å². The Morgan fingerprint density at radius 3 is 2.33 bits per heavy atom.